The van der Waals surface area contributed by atoms with E-state index in [1.165, 1.54) is 0 Å². The number of hydrogen-bond donors (Lipinski definition) is 2. The molecule has 150 valence electrons. The van der Waals surface area contributed by atoms with Gasteiger partial charge in [0.25, 0.3) is 11.8 Å². The van der Waals surface area contributed by atoms with Gasteiger partial charge in [-0.2, -0.15) is 0 Å². The predicted octanol–water partition coefficient (Wildman–Crippen LogP) is 6.55. The van der Waals surface area contributed by atoms with Gasteiger partial charge in [-0.05, 0) is 55.0 Å². The fraction of sp³-hybridized carbons (Fsp3) is 0.0435. The maximum Gasteiger partial charge on any atom is 0.291 e. The number of rotatable bonds is 4. The summed E-state index contributed by atoms with van der Waals surface area (Å²) in [5.41, 5.74) is 2.88. The molecule has 0 bridgehead atoms. The summed E-state index contributed by atoms with van der Waals surface area (Å²) < 4.78 is 5.60. The van der Waals surface area contributed by atoms with Gasteiger partial charge in [-0.1, -0.05) is 47.5 Å². The number of furan rings is 1. The molecule has 4 rings (SSSR count). The molecular weight excluding hydrogens is 423 g/mol. The average Bonchev–Trinajstić information content (AvgIpc) is 3.16. The Morgan fingerprint density at radius 1 is 0.867 bits per heavy atom. The van der Waals surface area contributed by atoms with Crippen molar-refractivity contribution in [3.8, 4) is 0 Å². The molecule has 3 aromatic carbocycles. The number of fused-ring (bicyclic) bond motifs is 1. The first-order valence-corrected chi connectivity index (χ1v) is 9.84. The fourth-order valence-corrected chi connectivity index (χ4v) is 3.42. The quantitative estimate of drug-likeness (QED) is 0.379. The number of carbonyl (C=O) groups excluding carboxylic acids is 2. The summed E-state index contributed by atoms with van der Waals surface area (Å²) in [5, 5.41) is 6.98. The minimum Gasteiger partial charge on any atom is -0.451 e. The van der Waals surface area contributed by atoms with Crippen molar-refractivity contribution in [2.45, 2.75) is 6.92 Å². The van der Waals surface area contributed by atoms with Gasteiger partial charge in [-0.25, -0.2) is 0 Å². The Hall–Kier alpha value is -3.28. The van der Waals surface area contributed by atoms with Crippen molar-refractivity contribution in [2.24, 2.45) is 0 Å². The van der Waals surface area contributed by atoms with Crippen LogP contribution in [0.4, 0.5) is 11.4 Å². The molecule has 0 unspecified atom stereocenters. The van der Waals surface area contributed by atoms with E-state index in [1.54, 1.807) is 48.5 Å². The second-order valence-electron chi connectivity index (χ2n) is 6.69. The minimum atomic E-state index is -0.374. The van der Waals surface area contributed by atoms with Gasteiger partial charge in [0.15, 0.2) is 5.76 Å². The van der Waals surface area contributed by atoms with Crippen LogP contribution in [0, 0.1) is 6.92 Å². The molecule has 5 nitrogen and oxygen atoms in total. The Balaban J connectivity index is 1.49. The number of aryl methyl sites for hydroxylation is 1. The summed E-state index contributed by atoms with van der Waals surface area (Å²) in [6.45, 7) is 1.83. The van der Waals surface area contributed by atoms with Gasteiger partial charge in [0, 0.05) is 16.8 Å². The SMILES string of the molecule is Cc1cc(NC(=O)c2cccc(Cl)c2Cl)ccc1NC(=O)c1cc2ccccc2o1. The number of para-hydroxylation sites is 1. The predicted molar refractivity (Wildman–Crippen MR) is 120 cm³/mol. The molecule has 0 aliphatic carbocycles. The average molecular weight is 439 g/mol. The molecule has 0 aliphatic rings. The van der Waals surface area contributed by atoms with Crippen molar-refractivity contribution in [1.29, 1.82) is 0 Å². The highest BCUT2D eigenvalue weighted by Gasteiger charge is 2.15. The van der Waals surface area contributed by atoms with E-state index in [2.05, 4.69) is 10.6 Å². The topological polar surface area (TPSA) is 71.3 Å². The highest BCUT2D eigenvalue weighted by Crippen LogP contribution is 2.27. The van der Waals surface area contributed by atoms with Crippen LogP contribution >= 0.6 is 23.2 Å². The standard InChI is InChI=1S/C23H16Cl2N2O3/c1-13-11-15(26-22(28)16-6-4-7-17(24)21(16)25)9-10-18(13)27-23(29)20-12-14-5-2-3-8-19(14)30-20/h2-12H,1H3,(H,26,28)(H,27,29). The van der Waals surface area contributed by atoms with Gasteiger partial charge in [0.2, 0.25) is 0 Å². The first-order chi connectivity index (χ1) is 14.4. The van der Waals surface area contributed by atoms with Crippen LogP contribution in [0.1, 0.15) is 26.5 Å². The summed E-state index contributed by atoms with van der Waals surface area (Å²) >= 11 is 12.1. The molecule has 0 atom stereocenters. The highest BCUT2D eigenvalue weighted by molar-refractivity contribution is 6.44. The van der Waals surface area contributed by atoms with E-state index >= 15 is 0 Å². The lowest BCUT2D eigenvalue weighted by molar-refractivity contribution is 0.0996. The Labute approximate surface area is 182 Å². The molecule has 1 heterocycles. The summed E-state index contributed by atoms with van der Waals surface area (Å²) in [5.74, 6) is -0.499. The zero-order valence-corrected chi connectivity index (χ0v) is 17.3. The van der Waals surface area contributed by atoms with Crippen molar-refractivity contribution in [3.05, 3.63) is 93.7 Å². The van der Waals surface area contributed by atoms with Crippen molar-refractivity contribution in [1.82, 2.24) is 0 Å². The second kappa shape index (κ2) is 8.22. The number of halogens is 2. The van der Waals surface area contributed by atoms with Crippen LogP contribution in [-0.4, -0.2) is 11.8 Å². The fourth-order valence-electron chi connectivity index (χ4n) is 3.04. The molecule has 2 amide bonds. The Bertz CT molecular complexity index is 1250. The van der Waals surface area contributed by atoms with E-state index in [1.807, 2.05) is 25.1 Å². The van der Waals surface area contributed by atoms with Crippen LogP contribution in [-0.2, 0) is 0 Å². The third-order valence-electron chi connectivity index (χ3n) is 4.58. The van der Waals surface area contributed by atoms with Crippen LogP contribution < -0.4 is 10.6 Å². The molecule has 0 radical (unpaired) electrons. The normalized spacial score (nSPS) is 10.8. The first-order valence-electron chi connectivity index (χ1n) is 9.08. The minimum absolute atomic E-state index is 0.197. The summed E-state index contributed by atoms with van der Waals surface area (Å²) in [6.07, 6.45) is 0. The van der Waals surface area contributed by atoms with E-state index in [-0.39, 0.29) is 28.2 Å². The van der Waals surface area contributed by atoms with E-state index in [0.29, 0.717) is 22.0 Å². The lowest BCUT2D eigenvalue weighted by Crippen LogP contribution is -2.14. The molecular formula is C23H16Cl2N2O3. The zero-order chi connectivity index (χ0) is 21.3. The van der Waals surface area contributed by atoms with Crippen molar-refractivity contribution >= 4 is 57.4 Å². The molecule has 30 heavy (non-hydrogen) atoms. The van der Waals surface area contributed by atoms with E-state index in [9.17, 15) is 9.59 Å². The van der Waals surface area contributed by atoms with Crippen LogP contribution in [0.3, 0.4) is 0 Å². The van der Waals surface area contributed by atoms with Crippen LogP contribution in [0.15, 0.2) is 71.1 Å². The van der Waals surface area contributed by atoms with Gasteiger partial charge in [0.1, 0.15) is 5.58 Å². The first kappa shape index (κ1) is 20.0. The Kier molecular flexibility index (Phi) is 5.48. The number of anilines is 2. The van der Waals surface area contributed by atoms with Crippen LogP contribution in [0.2, 0.25) is 10.0 Å². The van der Waals surface area contributed by atoms with Crippen molar-refractivity contribution < 1.29 is 14.0 Å². The largest absolute Gasteiger partial charge is 0.451 e. The number of hydrogen-bond acceptors (Lipinski definition) is 3. The van der Waals surface area contributed by atoms with E-state index in [4.69, 9.17) is 27.6 Å². The molecule has 7 heteroatoms. The molecule has 0 spiro atoms. The number of benzene rings is 3. The maximum atomic E-state index is 12.6. The van der Waals surface area contributed by atoms with Crippen molar-refractivity contribution in [3.63, 3.8) is 0 Å². The summed E-state index contributed by atoms with van der Waals surface area (Å²) in [7, 11) is 0. The Morgan fingerprint density at radius 2 is 1.67 bits per heavy atom. The molecule has 0 aliphatic heterocycles. The molecule has 1 aromatic heterocycles. The van der Waals surface area contributed by atoms with Crippen molar-refractivity contribution in [2.75, 3.05) is 10.6 Å². The third-order valence-corrected chi connectivity index (χ3v) is 5.40. The smallest absolute Gasteiger partial charge is 0.291 e. The van der Waals surface area contributed by atoms with Gasteiger partial charge >= 0.3 is 0 Å². The second-order valence-corrected chi connectivity index (χ2v) is 7.47. The molecule has 4 aromatic rings. The lowest BCUT2D eigenvalue weighted by Gasteiger charge is -2.11. The molecule has 0 saturated heterocycles. The van der Waals surface area contributed by atoms with Crippen LogP contribution in [0.25, 0.3) is 11.0 Å². The van der Waals surface area contributed by atoms with Gasteiger partial charge in [-0.3, -0.25) is 9.59 Å². The molecule has 2 N–H and O–H groups in total. The number of amides is 2. The number of carbonyl (C=O) groups is 2. The summed E-state index contributed by atoms with van der Waals surface area (Å²) in [4.78, 5) is 25.0. The highest BCUT2D eigenvalue weighted by atomic mass is 35.5. The Morgan fingerprint density at radius 3 is 2.43 bits per heavy atom. The monoisotopic (exact) mass is 438 g/mol. The van der Waals surface area contributed by atoms with E-state index < -0.39 is 0 Å². The number of nitrogens with one attached hydrogen (secondary N) is 2. The maximum absolute atomic E-state index is 12.6. The zero-order valence-electron chi connectivity index (χ0n) is 15.8. The lowest BCUT2D eigenvalue weighted by atomic mass is 10.1. The molecule has 0 saturated carbocycles. The third kappa shape index (κ3) is 4.03. The van der Waals surface area contributed by atoms with Gasteiger partial charge < -0.3 is 15.1 Å². The summed E-state index contributed by atoms with van der Waals surface area (Å²) in [6, 6.07) is 19.1. The van der Waals surface area contributed by atoms with Gasteiger partial charge in [-0.15, -0.1) is 0 Å². The van der Waals surface area contributed by atoms with Gasteiger partial charge in [0.05, 0.1) is 15.6 Å². The van der Waals surface area contributed by atoms with Crippen LogP contribution in [0.5, 0.6) is 0 Å². The molecule has 0 fully saturated rings. The van der Waals surface area contributed by atoms with E-state index in [0.717, 1.165) is 10.9 Å².